The molecule has 0 N–H and O–H groups in total. The van der Waals surface area contributed by atoms with Crippen molar-refractivity contribution in [2.45, 2.75) is 59.8 Å². The van der Waals surface area contributed by atoms with Crippen LogP contribution in [0.25, 0.3) is 0 Å². The van der Waals surface area contributed by atoms with Gasteiger partial charge in [-0.1, -0.05) is 40.5 Å². The van der Waals surface area contributed by atoms with Crippen LogP contribution in [0.5, 0.6) is 0 Å². The van der Waals surface area contributed by atoms with Crippen LogP contribution in [0.2, 0.25) is 0 Å². The maximum Gasteiger partial charge on any atom is -0.0438 e. The predicted molar refractivity (Wildman–Crippen MR) is 59.7 cm³/mol. The Labute approximate surface area is 84.1 Å². The van der Waals surface area contributed by atoms with Crippen LogP contribution in [0.15, 0.2) is 0 Å². The van der Waals surface area contributed by atoms with Gasteiger partial charge in [0, 0.05) is 0 Å². The summed E-state index contributed by atoms with van der Waals surface area (Å²) in [5.74, 6) is 3.83. The third-order valence-electron chi connectivity index (χ3n) is 3.57. The van der Waals surface area contributed by atoms with E-state index in [1.807, 2.05) is 0 Å². The topological polar surface area (TPSA) is 0 Å². The van der Waals surface area contributed by atoms with Crippen molar-refractivity contribution in [1.29, 1.82) is 0 Å². The van der Waals surface area contributed by atoms with Gasteiger partial charge < -0.3 is 0 Å². The van der Waals surface area contributed by atoms with E-state index in [0.717, 1.165) is 23.7 Å². The molecule has 1 saturated carbocycles. The minimum atomic E-state index is 0.954. The largest absolute Gasteiger partial charge is 0.0625 e. The summed E-state index contributed by atoms with van der Waals surface area (Å²) in [6, 6.07) is 0. The van der Waals surface area contributed by atoms with Crippen molar-refractivity contribution >= 4 is 0 Å². The Morgan fingerprint density at radius 3 is 1.23 bits per heavy atom. The second-order valence-electron chi connectivity index (χ2n) is 5.71. The van der Waals surface area contributed by atoms with Crippen LogP contribution in [0, 0.1) is 23.7 Å². The van der Waals surface area contributed by atoms with E-state index in [1.165, 1.54) is 32.1 Å². The molecule has 1 aliphatic rings. The molecule has 1 fully saturated rings. The summed E-state index contributed by atoms with van der Waals surface area (Å²) in [5.41, 5.74) is 0. The minimum absolute atomic E-state index is 0.954. The summed E-state index contributed by atoms with van der Waals surface area (Å²) < 4.78 is 0. The Morgan fingerprint density at radius 2 is 0.846 bits per heavy atom. The van der Waals surface area contributed by atoms with Crippen LogP contribution in [0.4, 0.5) is 0 Å². The lowest BCUT2D eigenvalue weighted by Crippen LogP contribution is -2.06. The van der Waals surface area contributed by atoms with Gasteiger partial charge in [-0.2, -0.15) is 0 Å². The van der Waals surface area contributed by atoms with Gasteiger partial charge in [0.2, 0.25) is 0 Å². The lowest BCUT2D eigenvalue weighted by atomic mass is 9.88. The molecule has 0 heterocycles. The standard InChI is InChI=1S/C13H26/c1-10-5-6-11(2)8-13(4)9-12(3)7-10/h10-13H,5-9H2,1-4H3. The summed E-state index contributed by atoms with van der Waals surface area (Å²) in [4.78, 5) is 0. The Morgan fingerprint density at radius 1 is 0.538 bits per heavy atom. The zero-order chi connectivity index (χ0) is 9.84. The van der Waals surface area contributed by atoms with Crippen molar-refractivity contribution in [3.05, 3.63) is 0 Å². The first-order valence-electron chi connectivity index (χ1n) is 6.08. The maximum absolute atomic E-state index is 2.43. The summed E-state index contributed by atoms with van der Waals surface area (Å²) in [6.45, 7) is 9.73. The quantitative estimate of drug-likeness (QED) is 0.517. The molecular weight excluding hydrogens is 156 g/mol. The van der Waals surface area contributed by atoms with Gasteiger partial charge in [0.25, 0.3) is 0 Å². The molecule has 4 unspecified atom stereocenters. The van der Waals surface area contributed by atoms with Gasteiger partial charge in [0.15, 0.2) is 0 Å². The molecule has 0 heteroatoms. The van der Waals surface area contributed by atoms with E-state index < -0.39 is 0 Å². The van der Waals surface area contributed by atoms with E-state index in [1.54, 1.807) is 0 Å². The predicted octanol–water partition coefficient (Wildman–Crippen LogP) is 4.49. The van der Waals surface area contributed by atoms with Crippen LogP contribution in [0.1, 0.15) is 59.8 Å². The maximum atomic E-state index is 2.43. The molecule has 4 atom stereocenters. The highest BCUT2D eigenvalue weighted by molar-refractivity contribution is 4.70. The molecule has 1 aliphatic carbocycles. The first-order chi connectivity index (χ1) is 6.08. The van der Waals surface area contributed by atoms with Crippen molar-refractivity contribution in [2.75, 3.05) is 0 Å². The van der Waals surface area contributed by atoms with Gasteiger partial charge in [0.05, 0.1) is 0 Å². The smallest absolute Gasteiger partial charge is 0.0438 e. The molecule has 0 aromatic carbocycles. The molecule has 0 aromatic rings. The van der Waals surface area contributed by atoms with Gasteiger partial charge in [-0.05, 0) is 42.9 Å². The summed E-state index contributed by atoms with van der Waals surface area (Å²) >= 11 is 0. The van der Waals surface area contributed by atoms with Gasteiger partial charge in [-0.15, -0.1) is 0 Å². The molecular formula is C13H26. The molecule has 0 spiro atoms. The van der Waals surface area contributed by atoms with Crippen molar-refractivity contribution in [3.63, 3.8) is 0 Å². The lowest BCUT2D eigenvalue weighted by Gasteiger charge is -2.18. The molecule has 0 bridgehead atoms. The second-order valence-corrected chi connectivity index (χ2v) is 5.71. The van der Waals surface area contributed by atoms with Crippen LogP contribution >= 0.6 is 0 Å². The SMILES string of the molecule is CC1CCC(C)CC(C)CC(C)C1. The molecule has 78 valence electrons. The van der Waals surface area contributed by atoms with Gasteiger partial charge >= 0.3 is 0 Å². The molecule has 0 saturated heterocycles. The second kappa shape index (κ2) is 5.02. The summed E-state index contributed by atoms with van der Waals surface area (Å²) in [7, 11) is 0. The highest BCUT2D eigenvalue weighted by Gasteiger charge is 2.18. The Hall–Kier alpha value is 0. The zero-order valence-electron chi connectivity index (χ0n) is 9.84. The van der Waals surface area contributed by atoms with Crippen LogP contribution in [-0.2, 0) is 0 Å². The van der Waals surface area contributed by atoms with E-state index in [9.17, 15) is 0 Å². The summed E-state index contributed by atoms with van der Waals surface area (Å²) in [6.07, 6.45) is 7.28. The van der Waals surface area contributed by atoms with Gasteiger partial charge in [-0.3, -0.25) is 0 Å². The van der Waals surface area contributed by atoms with Crippen molar-refractivity contribution in [2.24, 2.45) is 23.7 Å². The fourth-order valence-electron chi connectivity index (χ4n) is 3.06. The molecule has 13 heavy (non-hydrogen) atoms. The third kappa shape index (κ3) is 4.15. The Kier molecular flexibility index (Phi) is 4.28. The minimum Gasteiger partial charge on any atom is -0.0625 e. The zero-order valence-corrected chi connectivity index (χ0v) is 9.84. The van der Waals surface area contributed by atoms with Crippen LogP contribution < -0.4 is 0 Å². The molecule has 0 aliphatic heterocycles. The van der Waals surface area contributed by atoms with Crippen molar-refractivity contribution in [3.8, 4) is 0 Å². The fraction of sp³-hybridized carbons (Fsp3) is 1.00. The van der Waals surface area contributed by atoms with E-state index in [0.29, 0.717) is 0 Å². The lowest BCUT2D eigenvalue weighted by molar-refractivity contribution is 0.339. The third-order valence-corrected chi connectivity index (χ3v) is 3.57. The number of hydrogen-bond donors (Lipinski definition) is 0. The first kappa shape index (κ1) is 11.1. The van der Waals surface area contributed by atoms with Gasteiger partial charge in [0.1, 0.15) is 0 Å². The average molecular weight is 182 g/mol. The molecule has 0 radical (unpaired) electrons. The van der Waals surface area contributed by atoms with Crippen molar-refractivity contribution < 1.29 is 0 Å². The van der Waals surface area contributed by atoms with Gasteiger partial charge in [-0.25, -0.2) is 0 Å². The van der Waals surface area contributed by atoms with Crippen LogP contribution in [-0.4, -0.2) is 0 Å². The van der Waals surface area contributed by atoms with Crippen molar-refractivity contribution in [1.82, 2.24) is 0 Å². The molecule has 0 amide bonds. The summed E-state index contributed by atoms with van der Waals surface area (Å²) in [5, 5.41) is 0. The monoisotopic (exact) mass is 182 g/mol. The molecule has 0 aromatic heterocycles. The van der Waals surface area contributed by atoms with E-state index in [4.69, 9.17) is 0 Å². The number of rotatable bonds is 0. The van der Waals surface area contributed by atoms with E-state index in [-0.39, 0.29) is 0 Å². The molecule has 1 rings (SSSR count). The average Bonchev–Trinajstić information content (AvgIpc) is 2.02. The normalized spacial score (nSPS) is 43.4. The fourth-order valence-corrected chi connectivity index (χ4v) is 3.06. The Balaban J connectivity index is 2.47. The Bertz CT molecular complexity index is 123. The molecule has 0 nitrogen and oxygen atoms in total. The first-order valence-corrected chi connectivity index (χ1v) is 6.08. The highest BCUT2D eigenvalue weighted by atomic mass is 14.2. The van der Waals surface area contributed by atoms with E-state index in [2.05, 4.69) is 27.7 Å². The number of hydrogen-bond acceptors (Lipinski definition) is 0. The van der Waals surface area contributed by atoms with E-state index >= 15 is 0 Å². The highest BCUT2D eigenvalue weighted by Crippen LogP contribution is 2.30. The van der Waals surface area contributed by atoms with Crippen LogP contribution in [0.3, 0.4) is 0 Å².